The first-order valence-corrected chi connectivity index (χ1v) is 6.39. The smallest absolute Gasteiger partial charge is 0.326 e. The summed E-state index contributed by atoms with van der Waals surface area (Å²) < 4.78 is 0. The Morgan fingerprint density at radius 3 is 2.17 bits per heavy atom. The second kappa shape index (κ2) is 7.24. The van der Waals surface area contributed by atoms with Gasteiger partial charge in [-0.2, -0.15) is 0 Å². The van der Waals surface area contributed by atoms with Gasteiger partial charge in [-0.25, -0.2) is 9.59 Å². The van der Waals surface area contributed by atoms with Crippen LogP contribution in [0.1, 0.15) is 47.5 Å². The molecule has 1 unspecified atom stereocenters. The minimum Gasteiger partial charge on any atom is -0.480 e. The third-order valence-corrected chi connectivity index (χ3v) is 2.47. The predicted molar refractivity (Wildman–Crippen MR) is 71.5 cm³/mol. The zero-order valence-electron chi connectivity index (χ0n) is 12.0. The lowest BCUT2D eigenvalue weighted by Gasteiger charge is -2.20. The topological polar surface area (TPSA) is 78.4 Å². The fraction of sp³-hybridized carbons (Fsp3) is 0.846. The summed E-state index contributed by atoms with van der Waals surface area (Å²) >= 11 is 0. The minimum absolute atomic E-state index is 0.150. The SMILES string of the molecule is CC(C)CC(NC(=O)NCCC(C)(C)C)C(=O)O. The number of hydrogen-bond acceptors (Lipinski definition) is 2. The number of hydrogen-bond donors (Lipinski definition) is 3. The quantitative estimate of drug-likeness (QED) is 0.683. The molecule has 0 aliphatic carbocycles. The lowest BCUT2D eigenvalue weighted by molar-refractivity contribution is -0.139. The molecule has 0 fully saturated rings. The highest BCUT2D eigenvalue weighted by Crippen LogP contribution is 2.16. The summed E-state index contributed by atoms with van der Waals surface area (Å²) in [6.45, 7) is 10.7. The van der Waals surface area contributed by atoms with Gasteiger partial charge in [0.1, 0.15) is 6.04 Å². The normalized spacial score (nSPS) is 13.2. The molecule has 0 saturated heterocycles. The maximum absolute atomic E-state index is 11.5. The van der Waals surface area contributed by atoms with Crippen molar-refractivity contribution in [2.75, 3.05) is 6.54 Å². The van der Waals surface area contributed by atoms with E-state index in [1.54, 1.807) is 0 Å². The fourth-order valence-electron chi connectivity index (χ4n) is 1.45. The van der Waals surface area contributed by atoms with E-state index in [9.17, 15) is 9.59 Å². The Morgan fingerprint density at radius 2 is 1.78 bits per heavy atom. The van der Waals surface area contributed by atoms with Gasteiger partial charge in [0.15, 0.2) is 0 Å². The lowest BCUT2D eigenvalue weighted by Crippen LogP contribution is -2.47. The van der Waals surface area contributed by atoms with Crippen LogP contribution in [0.2, 0.25) is 0 Å². The van der Waals surface area contributed by atoms with Crippen molar-refractivity contribution in [3.05, 3.63) is 0 Å². The monoisotopic (exact) mass is 258 g/mol. The summed E-state index contributed by atoms with van der Waals surface area (Å²) in [4.78, 5) is 22.5. The molecule has 0 rings (SSSR count). The van der Waals surface area contributed by atoms with Crippen molar-refractivity contribution >= 4 is 12.0 Å². The maximum Gasteiger partial charge on any atom is 0.326 e. The summed E-state index contributed by atoms with van der Waals surface area (Å²) in [5.41, 5.74) is 0.150. The summed E-state index contributed by atoms with van der Waals surface area (Å²) in [5, 5.41) is 14.2. The molecular weight excluding hydrogens is 232 g/mol. The van der Waals surface area contributed by atoms with Gasteiger partial charge in [0.25, 0.3) is 0 Å². The van der Waals surface area contributed by atoms with Crippen LogP contribution in [0.25, 0.3) is 0 Å². The number of amides is 2. The molecule has 0 spiro atoms. The van der Waals surface area contributed by atoms with E-state index in [2.05, 4.69) is 31.4 Å². The van der Waals surface area contributed by atoms with E-state index in [1.807, 2.05) is 13.8 Å². The first-order chi connectivity index (χ1) is 8.11. The molecule has 0 aromatic rings. The van der Waals surface area contributed by atoms with Crippen LogP contribution in [0, 0.1) is 11.3 Å². The molecule has 0 heterocycles. The molecule has 18 heavy (non-hydrogen) atoms. The van der Waals surface area contributed by atoms with Gasteiger partial charge in [-0.3, -0.25) is 0 Å². The van der Waals surface area contributed by atoms with Crippen LogP contribution in [0.5, 0.6) is 0 Å². The van der Waals surface area contributed by atoms with Crippen molar-refractivity contribution < 1.29 is 14.7 Å². The van der Waals surface area contributed by atoms with E-state index in [0.29, 0.717) is 13.0 Å². The van der Waals surface area contributed by atoms with E-state index in [1.165, 1.54) is 0 Å². The van der Waals surface area contributed by atoms with E-state index in [4.69, 9.17) is 5.11 Å². The first kappa shape index (κ1) is 16.7. The summed E-state index contributed by atoms with van der Waals surface area (Å²) in [7, 11) is 0. The van der Waals surface area contributed by atoms with Crippen molar-refractivity contribution in [1.82, 2.24) is 10.6 Å². The molecule has 1 atom stereocenters. The first-order valence-electron chi connectivity index (χ1n) is 6.39. The fourth-order valence-corrected chi connectivity index (χ4v) is 1.45. The standard InChI is InChI=1S/C13H26N2O3/c1-9(2)8-10(11(16)17)15-12(18)14-7-6-13(3,4)5/h9-10H,6-8H2,1-5H3,(H,16,17)(H2,14,15,18). The number of carbonyl (C=O) groups excluding carboxylic acids is 1. The third-order valence-electron chi connectivity index (χ3n) is 2.47. The number of carbonyl (C=O) groups is 2. The molecule has 106 valence electrons. The van der Waals surface area contributed by atoms with Crippen LogP contribution in [0.3, 0.4) is 0 Å². The van der Waals surface area contributed by atoms with Gasteiger partial charge < -0.3 is 15.7 Å². The molecular formula is C13H26N2O3. The summed E-state index contributed by atoms with van der Waals surface area (Å²) in [6, 6.07) is -1.23. The van der Waals surface area contributed by atoms with Gasteiger partial charge in [0.2, 0.25) is 0 Å². The zero-order chi connectivity index (χ0) is 14.3. The molecule has 3 N–H and O–H groups in total. The van der Waals surface area contributed by atoms with Crippen LogP contribution in [-0.4, -0.2) is 29.7 Å². The number of nitrogens with one attached hydrogen (secondary N) is 2. The molecule has 0 aliphatic heterocycles. The molecule has 5 nitrogen and oxygen atoms in total. The van der Waals surface area contributed by atoms with Crippen molar-refractivity contribution in [3.8, 4) is 0 Å². The third kappa shape index (κ3) is 8.84. The average Bonchev–Trinajstić information content (AvgIpc) is 2.13. The number of carboxylic acids is 1. The molecule has 0 radical (unpaired) electrons. The Bertz CT molecular complexity index is 282. The van der Waals surface area contributed by atoms with Crippen LogP contribution < -0.4 is 10.6 Å². The molecule has 2 amide bonds. The van der Waals surface area contributed by atoms with Crippen LogP contribution in [0.15, 0.2) is 0 Å². The van der Waals surface area contributed by atoms with Gasteiger partial charge in [-0.1, -0.05) is 34.6 Å². The number of carboxylic acid groups (broad SMARTS) is 1. The maximum atomic E-state index is 11.5. The van der Waals surface area contributed by atoms with Crippen molar-refractivity contribution in [2.24, 2.45) is 11.3 Å². The molecule has 0 bridgehead atoms. The minimum atomic E-state index is -0.991. The largest absolute Gasteiger partial charge is 0.480 e. The Kier molecular flexibility index (Phi) is 6.73. The molecule has 0 saturated carbocycles. The Labute approximate surface area is 109 Å². The van der Waals surface area contributed by atoms with Crippen molar-refractivity contribution in [3.63, 3.8) is 0 Å². The van der Waals surface area contributed by atoms with Gasteiger partial charge >= 0.3 is 12.0 Å². The molecule has 0 aliphatic rings. The molecule has 0 aromatic carbocycles. The van der Waals surface area contributed by atoms with Gasteiger partial charge in [0, 0.05) is 6.54 Å². The Balaban J connectivity index is 4.07. The number of urea groups is 1. The van der Waals surface area contributed by atoms with E-state index in [-0.39, 0.29) is 11.3 Å². The second-order valence-corrected chi connectivity index (χ2v) is 6.23. The van der Waals surface area contributed by atoms with E-state index >= 15 is 0 Å². The van der Waals surface area contributed by atoms with Gasteiger partial charge in [0.05, 0.1) is 0 Å². The molecule has 0 aromatic heterocycles. The van der Waals surface area contributed by atoms with Crippen LogP contribution in [0.4, 0.5) is 4.79 Å². The van der Waals surface area contributed by atoms with Gasteiger partial charge in [-0.05, 0) is 24.2 Å². The number of rotatable bonds is 6. The van der Waals surface area contributed by atoms with Gasteiger partial charge in [-0.15, -0.1) is 0 Å². The predicted octanol–water partition coefficient (Wildman–Crippen LogP) is 2.22. The zero-order valence-corrected chi connectivity index (χ0v) is 12.0. The van der Waals surface area contributed by atoms with Crippen molar-refractivity contribution in [1.29, 1.82) is 0 Å². The summed E-state index contributed by atoms with van der Waals surface area (Å²) in [5.74, 6) is -0.768. The highest BCUT2D eigenvalue weighted by atomic mass is 16.4. The second-order valence-electron chi connectivity index (χ2n) is 6.23. The molecule has 5 heteroatoms. The Morgan fingerprint density at radius 1 is 1.22 bits per heavy atom. The Hall–Kier alpha value is -1.26. The lowest BCUT2D eigenvalue weighted by atomic mass is 9.92. The summed E-state index contributed by atoms with van der Waals surface area (Å²) in [6.07, 6.45) is 1.28. The number of aliphatic carboxylic acids is 1. The van der Waals surface area contributed by atoms with Crippen molar-refractivity contribution in [2.45, 2.75) is 53.5 Å². The van der Waals surface area contributed by atoms with Crippen LogP contribution in [-0.2, 0) is 4.79 Å². The van der Waals surface area contributed by atoms with Crippen LogP contribution >= 0.6 is 0 Å². The van der Waals surface area contributed by atoms with E-state index in [0.717, 1.165) is 6.42 Å². The van der Waals surface area contributed by atoms with E-state index < -0.39 is 18.0 Å². The average molecular weight is 258 g/mol. The highest BCUT2D eigenvalue weighted by Gasteiger charge is 2.21. The highest BCUT2D eigenvalue weighted by molar-refractivity contribution is 5.82.